The first kappa shape index (κ1) is 9.61. The van der Waals surface area contributed by atoms with Gasteiger partial charge in [0.25, 0.3) is 0 Å². The highest BCUT2D eigenvalue weighted by Gasteiger charge is 2.51. The van der Waals surface area contributed by atoms with Crippen molar-refractivity contribution in [3.05, 3.63) is 71.8 Å². The van der Waals surface area contributed by atoms with Gasteiger partial charge in [-0.05, 0) is 18.1 Å². The molecule has 0 saturated carbocycles. The molecule has 1 saturated heterocycles. The van der Waals surface area contributed by atoms with Crippen LogP contribution in [-0.4, -0.2) is 0 Å². The maximum absolute atomic E-state index is 3.58. The van der Waals surface area contributed by atoms with Crippen molar-refractivity contribution in [1.82, 2.24) is 5.32 Å². The van der Waals surface area contributed by atoms with Crippen LogP contribution in [0.2, 0.25) is 0 Å². The number of rotatable bonds is 2. The summed E-state index contributed by atoms with van der Waals surface area (Å²) in [7, 11) is 0. The molecule has 2 aromatic rings. The molecule has 0 unspecified atom stereocenters. The molecule has 3 rings (SSSR count). The van der Waals surface area contributed by atoms with Gasteiger partial charge in [-0.3, -0.25) is 5.32 Å². The molecule has 1 nitrogen and oxygen atoms in total. The third kappa shape index (κ3) is 1.44. The lowest BCUT2D eigenvalue weighted by Gasteiger charge is -2.08. The number of benzene rings is 2. The molecule has 16 heavy (non-hydrogen) atoms. The Kier molecular flexibility index (Phi) is 2.08. The Labute approximate surface area is 96.1 Å². The van der Waals surface area contributed by atoms with Crippen molar-refractivity contribution >= 4 is 0 Å². The van der Waals surface area contributed by atoms with Crippen molar-refractivity contribution in [1.29, 1.82) is 0 Å². The fourth-order valence-corrected chi connectivity index (χ4v) is 2.35. The molecule has 1 aliphatic heterocycles. The van der Waals surface area contributed by atoms with E-state index in [1.807, 2.05) is 0 Å². The van der Waals surface area contributed by atoms with Gasteiger partial charge in [0.1, 0.15) is 0 Å². The summed E-state index contributed by atoms with van der Waals surface area (Å²) < 4.78 is 0. The molecule has 2 aromatic carbocycles. The molecule has 0 bridgehead atoms. The second-order valence-corrected chi connectivity index (χ2v) is 4.56. The van der Waals surface area contributed by atoms with Gasteiger partial charge in [-0.1, -0.05) is 60.7 Å². The van der Waals surface area contributed by atoms with Crippen LogP contribution in [0.3, 0.4) is 0 Å². The molecule has 0 aliphatic carbocycles. The third-order valence-corrected chi connectivity index (χ3v) is 3.44. The van der Waals surface area contributed by atoms with Gasteiger partial charge in [-0.15, -0.1) is 0 Å². The van der Waals surface area contributed by atoms with Gasteiger partial charge >= 0.3 is 0 Å². The van der Waals surface area contributed by atoms with Gasteiger partial charge in [-0.2, -0.15) is 0 Å². The smallest absolute Gasteiger partial charge is 0.0609 e. The van der Waals surface area contributed by atoms with Crippen LogP contribution < -0.4 is 5.32 Å². The molecular formula is C15H15N. The lowest BCUT2D eigenvalue weighted by molar-refractivity contribution is 0.731. The number of hydrogen-bond acceptors (Lipinski definition) is 1. The lowest BCUT2D eigenvalue weighted by atomic mass is 9.93. The van der Waals surface area contributed by atoms with E-state index in [0.29, 0.717) is 6.04 Å². The van der Waals surface area contributed by atoms with E-state index in [2.05, 4.69) is 72.9 Å². The van der Waals surface area contributed by atoms with Crippen molar-refractivity contribution in [2.24, 2.45) is 0 Å². The molecule has 0 radical (unpaired) electrons. The average molecular weight is 209 g/mol. The van der Waals surface area contributed by atoms with Crippen molar-refractivity contribution in [3.8, 4) is 0 Å². The van der Waals surface area contributed by atoms with E-state index in [-0.39, 0.29) is 5.54 Å². The Morgan fingerprint density at radius 3 is 2.06 bits per heavy atom. The first-order valence-electron chi connectivity index (χ1n) is 5.69. The molecule has 0 aromatic heterocycles. The first-order valence-corrected chi connectivity index (χ1v) is 5.69. The summed E-state index contributed by atoms with van der Waals surface area (Å²) in [5.41, 5.74) is 2.85. The van der Waals surface area contributed by atoms with Crippen LogP contribution in [-0.2, 0) is 5.54 Å². The summed E-state index contributed by atoms with van der Waals surface area (Å²) >= 11 is 0. The van der Waals surface area contributed by atoms with Crippen LogP contribution in [0.4, 0.5) is 0 Å². The van der Waals surface area contributed by atoms with Crippen molar-refractivity contribution in [2.45, 2.75) is 18.5 Å². The molecular weight excluding hydrogens is 194 g/mol. The molecule has 1 heterocycles. The molecule has 1 heteroatoms. The highest BCUT2D eigenvalue weighted by atomic mass is 15.2. The summed E-state index contributed by atoms with van der Waals surface area (Å²) in [4.78, 5) is 0. The van der Waals surface area contributed by atoms with Crippen molar-refractivity contribution < 1.29 is 0 Å². The Bertz CT molecular complexity index is 477. The van der Waals surface area contributed by atoms with Crippen LogP contribution in [0.15, 0.2) is 60.7 Å². The molecule has 0 spiro atoms. The minimum absolute atomic E-state index is 0.114. The van der Waals surface area contributed by atoms with Gasteiger partial charge in [0.2, 0.25) is 0 Å². The summed E-state index contributed by atoms with van der Waals surface area (Å²) in [5, 5.41) is 3.58. The Hall–Kier alpha value is -1.60. The molecule has 80 valence electrons. The molecule has 0 amide bonds. The largest absolute Gasteiger partial charge is 0.297 e. The second-order valence-electron chi connectivity index (χ2n) is 4.56. The summed E-state index contributed by atoms with van der Waals surface area (Å²) in [6, 6.07) is 21.7. The molecule has 1 aliphatic rings. The standard InChI is InChI=1S/C15H15N/c1-15(13-10-6-3-7-11-13)14(16-15)12-8-4-2-5-9-12/h2-11,14,16H,1H3/t14-,15-/m0/s1. The van der Waals surface area contributed by atoms with Gasteiger partial charge in [0.15, 0.2) is 0 Å². The highest BCUT2D eigenvalue weighted by molar-refractivity contribution is 5.39. The minimum atomic E-state index is 0.114. The zero-order valence-electron chi connectivity index (χ0n) is 9.35. The zero-order valence-corrected chi connectivity index (χ0v) is 9.35. The SMILES string of the molecule is C[C@@]1(c2ccccc2)N[C@H]1c1ccccc1. The van der Waals surface area contributed by atoms with Crippen molar-refractivity contribution in [2.75, 3.05) is 0 Å². The van der Waals surface area contributed by atoms with Crippen LogP contribution >= 0.6 is 0 Å². The van der Waals surface area contributed by atoms with Gasteiger partial charge in [0.05, 0.1) is 11.6 Å². The average Bonchev–Trinajstić information content (AvgIpc) is 3.06. The van der Waals surface area contributed by atoms with Gasteiger partial charge in [0, 0.05) is 0 Å². The van der Waals surface area contributed by atoms with E-state index < -0.39 is 0 Å². The first-order chi connectivity index (χ1) is 7.81. The normalized spacial score (nSPS) is 27.7. The topological polar surface area (TPSA) is 21.9 Å². The van der Waals surface area contributed by atoms with Gasteiger partial charge < -0.3 is 0 Å². The van der Waals surface area contributed by atoms with Crippen LogP contribution in [0, 0.1) is 0 Å². The summed E-state index contributed by atoms with van der Waals surface area (Å²) in [5.74, 6) is 0. The van der Waals surface area contributed by atoms with Gasteiger partial charge in [-0.25, -0.2) is 0 Å². The van der Waals surface area contributed by atoms with E-state index in [1.165, 1.54) is 11.1 Å². The van der Waals surface area contributed by atoms with E-state index in [9.17, 15) is 0 Å². The Morgan fingerprint density at radius 1 is 0.875 bits per heavy atom. The van der Waals surface area contributed by atoms with E-state index >= 15 is 0 Å². The minimum Gasteiger partial charge on any atom is -0.297 e. The van der Waals surface area contributed by atoms with Crippen LogP contribution in [0.5, 0.6) is 0 Å². The van der Waals surface area contributed by atoms with Crippen LogP contribution in [0.25, 0.3) is 0 Å². The lowest BCUT2D eigenvalue weighted by Crippen LogP contribution is -2.06. The van der Waals surface area contributed by atoms with E-state index in [4.69, 9.17) is 0 Å². The maximum atomic E-state index is 3.58. The maximum Gasteiger partial charge on any atom is 0.0609 e. The third-order valence-electron chi connectivity index (χ3n) is 3.44. The Balaban J connectivity index is 1.90. The van der Waals surface area contributed by atoms with E-state index in [0.717, 1.165) is 0 Å². The monoisotopic (exact) mass is 209 g/mol. The Morgan fingerprint density at radius 2 is 1.44 bits per heavy atom. The second kappa shape index (κ2) is 3.46. The summed E-state index contributed by atoms with van der Waals surface area (Å²) in [6.45, 7) is 2.26. The fraction of sp³-hybridized carbons (Fsp3) is 0.200. The van der Waals surface area contributed by atoms with Crippen molar-refractivity contribution in [3.63, 3.8) is 0 Å². The summed E-state index contributed by atoms with van der Waals surface area (Å²) in [6.07, 6.45) is 0. The molecule has 2 atom stereocenters. The predicted octanol–water partition coefficient (Wildman–Crippen LogP) is 3.25. The highest BCUT2D eigenvalue weighted by Crippen LogP contribution is 2.48. The number of hydrogen-bond donors (Lipinski definition) is 1. The quantitative estimate of drug-likeness (QED) is 0.753. The predicted molar refractivity (Wildman–Crippen MR) is 66.1 cm³/mol. The number of nitrogens with one attached hydrogen (secondary N) is 1. The van der Waals surface area contributed by atoms with E-state index in [1.54, 1.807) is 0 Å². The van der Waals surface area contributed by atoms with Crippen LogP contribution in [0.1, 0.15) is 24.1 Å². The fourth-order valence-electron chi connectivity index (χ4n) is 2.35. The zero-order chi connectivity index (χ0) is 11.0. The molecule has 1 fully saturated rings. The molecule has 1 N–H and O–H groups in total.